The lowest BCUT2D eigenvalue weighted by molar-refractivity contribution is 0.0694. The summed E-state index contributed by atoms with van der Waals surface area (Å²) in [5.74, 6) is 1.53. The Kier molecular flexibility index (Phi) is 6.81. The number of nitrogens with zero attached hydrogens (tertiary/aromatic N) is 1. The fourth-order valence-corrected chi connectivity index (χ4v) is 5.31. The van der Waals surface area contributed by atoms with Crippen LogP contribution in [0.4, 0.5) is 0 Å². The van der Waals surface area contributed by atoms with Crippen molar-refractivity contribution < 1.29 is 13.2 Å². The van der Waals surface area contributed by atoms with Crippen molar-refractivity contribution in [2.45, 2.75) is 43.0 Å². The molecule has 9 heteroatoms. The van der Waals surface area contributed by atoms with Crippen LogP contribution in [0.25, 0.3) is 0 Å². The number of benzene rings is 1. The molecule has 0 aliphatic carbocycles. The van der Waals surface area contributed by atoms with Gasteiger partial charge >= 0.3 is 0 Å². The van der Waals surface area contributed by atoms with Crippen LogP contribution in [0.2, 0.25) is 0 Å². The molecule has 7 nitrogen and oxygen atoms in total. The molecule has 0 saturated carbocycles. The Labute approximate surface area is 176 Å². The highest BCUT2D eigenvalue weighted by Gasteiger charge is 2.33. The molecule has 1 unspecified atom stereocenters. The van der Waals surface area contributed by atoms with E-state index in [4.69, 9.17) is 4.74 Å². The van der Waals surface area contributed by atoms with Gasteiger partial charge in [-0.15, -0.1) is 11.3 Å². The predicted octanol–water partition coefficient (Wildman–Crippen LogP) is 2.88. The normalized spacial score (nSPS) is 18.6. The second-order valence-electron chi connectivity index (χ2n) is 7.39. The third kappa shape index (κ3) is 5.71. The molecule has 2 aromatic rings. The van der Waals surface area contributed by atoms with Crippen molar-refractivity contribution in [3.63, 3.8) is 0 Å². The number of hydrogen-bond donors (Lipinski definition) is 3. The minimum atomic E-state index is -3.47. The molecule has 3 N–H and O–H groups in total. The van der Waals surface area contributed by atoms with Crippen molar-refractivity contribution in [3.8, 4) is 5.75 Å². The molecule has 3 rings (SSSR count). The van der Waals surface area contributed by atoms with Crippen molar-refractivity contribution in [3.05, 3.63) is 47.3 Å². The van der Waals surface area contributed by atoms with Gasteiger partial charge in [0.25, 0.3) is 0 Å². The van der Waals surface area contributed by atoms with Gasteiger partial charge in [-0.3, -0.25) is 4.99 Å². The SMILES string of the molecule is CCNC(=NCCNS(=O)(=O)c1cccs1)NC1CC(C)(C)Oc2ccccc21. The van der Waals surface area contributed by atoms with Crippen LogP contribution in [0.1, 0.15) is 38.8 Å². The number of hydrogen-bond acceptors (Lipinski definition) is 5. The monoisotopic (exact) mass is 436 g/mol. The Hall–Kier alpha value is -2.10. The van der Waals surface area contributed by atoms with Crippen LogP contribution < -0.4 is 20.1 Å². The Balaban J connectivity index is 1.65. The summed E-state index contributed by atoms with van der Waals surface area (Å²) >= 11 is 1.20. The van der Waals surface area contributed by atoms with Gasteiger partial charge in [-0.25, -0.2) is 13.1 Å². The van der Waals surface area contributed by atoms with Crippen LogP contribution >= 0.6 is 11.3 Å². The van der Waals surface area contributed by atoms with E-state index in [-0.39, 0.29) is 18.2 Å². The number of guanidine groups is 1. The van der Waals surface area contributed by atoms with E-state index >= 15 is 0 Å². The van der Waals surface area contributed by atoms with Gasteiger partial charge in [-0.1, -0.05) is 24.3 Å². The molecule has 1 atom stereocenters. The maximum atomic E-state index is 12.2. The maximum Gasteiger partial charge on any atom is 0.250 e. The lowest BCUT2D eigenvalue weighted by Gasteiger charge is -2.38. The average molecular weight is 437 g/mol. The summed E-state index contributed by atoms with van der Waals surface area (Å²) in [6.07, 6.45) is 0.791. The molecule has 1 aromatic carbocycles. The fraction of sp³-hybridized carbons (Fsp3) is 0.450. The minimum absolute atomic E-state index is 0.0514. The maximum absolute atomic E-state index is 12.2. The first-order chi connectivity index (χ1) is 13.8. The summed E-state index contributed by atoms with van der Waals surface area (Å²) in [6, 6.07) is 11.4. The van der Waals surface area contributed by atoms with Crippen molar-refractivity contribution in [2.24, 2.45) is 4.99 Å². The zero-order chi connectivity index (χ0) is 20.9. The molecular formula is C20H28N4O3S2. The Bertz CT molecular complexity index is 940. The molecular weight excluding hydrogens is 408 g/mol. The zero-order valence-corrected chi connectivity index (χ0v) is 18.6. The lowest BCUT2D eigenvalue weighted by atomic mass is 9.90. The van der Waals surface area contributed by atoms with Gasteiger partial charge in [0.15, 0.2) is 5.96 Å². The quantitative estimate of drug-likeness (QED) is 0.353. The van der Waals surface area contributed by atoms with Crippen LogP contribution in [0.3, 0.4) is 0 Å². The molecule has 0 fully saturated rings. The van der Waals surface area contributed by atoms with Gasteiger partial charge in [0.2, 0.25) is 10.0 Å². The second kappa shape index (κ2) is 9.15. The molecule has 0 saturated heterocycles. The smallest absolute Gasteiger partial charge is 0.250 e. The van der Waals surface area contributed by atoms with Crippen LogP contribution in [0.15, 0.2) is 51.0 Å². The summed E-state index contributed by atoms with van der Waals surface area (Å²) in [4.78, 5) is 4.54. The number of aliphatic imine (C=N–C) groups is 1. The van der Waals surface area contributed by atoms with E-state index in [2.05, 4.69) is 40.3 Å². The summed E-state index contributed by atoms with van der Waals surface area (Å²) in [5, 5.41) is 8.46. The van der Waals surface area contributed by atoms with Crippen molar-refractivity contribution in [1.82, 2.24) is 15.4 Å². The number of nitrogens with one attached hydrogen (secondary N) is 3. The Morgan fingerprint density at radius 3 is 2.79 bits per heavy atom. The highest BCUT2D eigenvalue weighted by Crippen LogP contribution is 2.39. The molecule has 0 amide bonds. The lowest BCUT2D eigenvalue weighted by Crippen LogP contribution is -2.45. The largest absolute Gasteiger partial charge is 0.487 e. The summed E-state index contributed by atoms with van der Waals surface area (Å²) < 4.78 is 33.4. The first-order valence-electron chi connectivity index (χ1n) is 9.67. The topological polar surface area (TPSA) is 91.8 Å². The van der Waals surface area contributed by atoms with Crippen LogP contribution in [-0.4, -0.2) is 39.6 Å². The molecule has 2 heterocycles. The zero-order valence-electron chi connectivity index (χ0n) is 16.9. The number of ether oxygens (including phenoxy) is 1. The summed E-state index contributed by atoms with van der Waals surface area (Å²) in [6.45, 7) is 7.41. The molecule has 0 spiro atoms. The molecule has 158 valence electrons. The summed E-state index contributed by atoms with van der Waals surface area (Å²) in [7, 11) is -3.47. The molecule has 0 radical (unpaired) electrons. The number of sulfonamides is 1. The third-order valence-electron chi connectivity index (χ3n) is 4.47. The standard InChI is InChI=1S/C20H28N4O3S2/c1-4-21-19(22-11-12-23-29(25,26)18-10-7-13-28-18)24-16-14-20(2,3)27-17-9-6-5-8-15(16)17/h5-10,13,16,23H,4,11-12,14H2,1-3H3,(H2,21,22,24). The average Bonchev–Trinajstić information content (AvgIpc) is 3.20. The fourth-order valence-electron chi connectivity index (χ4n) is 3.25. The van der Waals surface area contributed by atoms with E-state index in [1.165, 1.54) is 11.3 Å². The Morgan fingerprint density at radius 2 is 2.07 bits per heavy atom. The second-order valence-corrected chi connectivity index (χ2v) is 10.3. The highest BCUT2D eigenvalue weighted by molar-refractivity contribution is 7.91. The van der Waals surface area contributed by atoms with E-state index in [1.807, 2.05) is 25.1 Å². The van der Waals surface area contributed by atoms with Gasteiger partial charge in [0.1, 0.15) is 15.6 Å². The number of thiophene rings is 1. The number of fused-ring (bicyclic) bond motifs is 1. The molecule has 29 heavy (non-hydrogen) atoms. The first-order valence-corrected chi connectivity index (χ1v) is 12.0. The van der Waals surface area contributed by atoms with Gasteiger partial charge in [0.05, 0.1) is 12.6 Å². The van der Waals surface area contributed by atoms with Crippen LogP contribution in [0, 0.1) is 0 Å². The van der Waals surface area contributed by atoms with Gasteiger partial charge in [-0.05, 0) is 38.3 Å². The van der Waals surface area contributed by atoms with Crippen molar-refractivity contribution in [2.75, 3.05) is 19.6 Å². The molecule has 0 bridgehead atoms. The van der Waals surface area contributed by atoms with E-state index in [9.17, 15) is 8.42 Å². The molecule has 1 aliphatic rings. The van der Waals surface area contributed by atoms with Gasteiger partial charge in [0, 0.05) is 25.1 Å². The first kappa shape index (κ1) is 21.6. The van der Waals surface area contributed by atoms with Gasteiger partial charge in [-0.2, -0.15) is 0 Å². The van der Waals surface area contributed by atoms with E-state index in [1.54, 1.807) is 17.5 Å². The summed E-state index contributed by atoms with van der Waals surface area (Å²) in [5.41, 5.74) is 0.801. The molecule has 1 aromatic heterocycles. The Morgan fingerprint density at radius 1 is 1.28 bits per heavy atom. The van der Waals surface area contributed by atoms with E-state index in [0.29, 0.717) is 23.3 Å². The third-order valence-corrected chi connectivity index (χ3v) is 7.32. The van der Waals surface area contributed by atoms with E-state index in [0.717, 1.165) is 17.7 Å². The van der Waals surface area contributed by atoms with Crippen molar-refractivity contribution in [1.29, 1.82) is 0 Å². The minimum Gasteiger partial charge on any atom is -0.487 e. The van der Waals surface area contributed by atoms with Crippen LogP contribution in [0.5, 0.6) is 5.75 Å². The number of para-hydroxylation sites is 1. The van der Waals surface area contributed by atoms with E-state index < -0.39 is 10.0 Å². The highest BCUT2D eigenvalue weighted by atomic mass is 32.2. The van der Waals surface area contributed by atoms with Gasteiger partial charge < -0.3 is 15.4 Å². The predicted molar refractivity (Wildman–Crippen MR) is 117 cm³/mol. The number of rotatable bonds is 7. The van der Waals surface area contributed by atoms with Crippen molar-refractivity contribution >= 4 is 27.3 Å². The molecule has 1 aliphatic heterocycles. The van der Waals surface area contributed by atoms with Crippen LogP contribution in [-0.2, 0) is 10.0 Å².